The topological polar surface area (TPSA) is 53.6 Å². The normalized spacial score (nSPS) is 15.8. The summed E-state index contributed by atoms with van der Waals surface area (Å²) >= 11 is 0. The monoisotopic (exact) mass is 291 g/mol. The molecule has 0 unspecified atom stereocenters. The number of amides is 2. The minimum Gasteiger partial charge on any atom is -0.495 e. The lowest BCUT2D eigenvalue weighted by Gasteiger charge is -2.32. The molecule has 0 aliphatic carbocycles. The second kappa shape index (κ2) is 7.88. The highest BCUT2D eigenvalue weighted by atomic mass is 16.5. The molecule has 0 atom stereocenters. The van der Waals surface area contributed by atoms with Crippen molar-refractivity contribution in [2.75, 3.05) is 38.6 Å². The number of anilines is 1. The number of rotatable bonds is 5. The van der Waals surface area contributed by atoms with Crippen LogP contribution in [0.1, 0.15) is 19.8 Å². The highest BCUT2D eigenvalue weighted by molar-refractivity contribution is 5.91. The Morgan fingerprint density at radius 3 is 2.71 bits per heavy atom. The molecule has 1 saturated heterocycles. The molecule has 1 fully saturated rings. The maximum absolute atomic E-state index is 12.3. The molecule has 21 heavy (non-hydrogen) atoms. The molecule has 2 rings (SSSR count). The number of likely N-dealkylation sites (tertiary alicyclic amines) is 1. The zero-order valence-corrected chi connectivity index (χ0v) is 12.9. The number of piperidine rings is 1. The first-order valence-electron chi connectivity index (χ1n) is 7.64. The van der Waals surface area contributed by atoms with E-state index in [0.717, 1.165) is 44.7 Å². The first kappa shape index (κ1) is 15.6. The molecule has 5 heteroatoms. The van der Waals surface area contributed by atoms with Gasteiger partial charge in [0.15, 0.2) is 0 Å². The lowest BCUT2D eigenvalue weighted by Crippen LogP contribution is -2.42. The lowest BCUT2D eigenvalue weighted by atomic mass is 9.97. The van der Waals surface area contributed by atoms with Gasteiger partial charge in [0, 0.05) is 13.1 Å². The van der Waals surface area contributed by atoms with E-state index in [9.17, 15) is 4.79 Å². The fourth-order valence-corrected chi connectivity index (χ4v) is 2.63. The molecule has 1 aromatic rings. The molecular formula is C16H25N3O2. The van der Waals surface area contributed by atoms with Gasteiger partial charge < -0.3 is 20.3 Å². The average Bonchev–Trinajstić information content (AvgIpc) is 2.54. The molecule has 0 bridgehead atoms. The van der Waals surface area contributed by atoms with E-state index in [4.69, 9.17) is 4.74 Å². The predicted octanol–water partition coefficient (Wildman–Crippen LogP) is 2.55. The van der Waals surface area contributed by atoms with E-state index in [1.165, 1.54) is 0 Å². The van der Waals surface area contributed by atoms with E-state index in [-0.39, 0.29) is 6.03 Å². The van der Waals surface area contributed by atoms with Crippen LogP contribution in [0, 0.1) is 5.92 Å². The third kappa shape index (κ3) is 4.36. The Bertz CT molecular complexity index is 457. The van der Waals surface area contributed by atoms with Crippen molar-refractivity contribution in [3.8, 4) is 5.75 Å². The fourth-order valence-electron chi connectivity index (χ4n) is 2.63. The number of hydrogen-bond donors (Lipinski definition) is 2. The maximum Gasteiger partial charge on any atom is 0.321 e. The Morgan fingerprint density at radius 2 is 2.05 bits per heavy atom. The third-order valence-electron chi connectivity index (χ3n) is 3.93. The van der Waals surface area contributed by atoms with Crippen molar-refractivity contribution in [3.05, 3.63) is 24.3 Å². The maximum atomic E-state index is 12.3. The zero-order chi connectivity index (χ0) is 15.1. The van der Waals surface area contributed by atoms with Gasteiger partial charge in [-0.25, -0.2) is 4.79 Å². The summed E-state index contributed by atoms with van der Waals surface area (Å²) in [5, 5.41) is 6.32. The van der Waals surface area contributed by atoms with Crippen LogP contribution in [0.5, 0.6) is 5.75 Å². The Hall–Kier alpha value is -1.75. The number of hydrogen-bond acceptors (Lipinski definition) is 3. The van der Waals surface area contributed by atoms with Crippen LogP contribution in [0.15, 0.2) is 24.3 Å². The minimum atomic E-state index is -0.0404. The van der Waals surface area contributed by atoms with Crippen LogP contribution in [0.4, 0.5) is 10.5 Å². The highest BCUT2D eigenvalue weighted by Crippen LogP contribution is 2.24. The molecule has 0 aromatic heterocycles. The van der Waals surface area contributed by atoms with Crippen molar-refractivity contribution in [3.63, 3.8) is 0 Å². The van der Waals surface area contributed by atoms with Crippen LogP contribution in [0.2, 0.25) is 0 Å². The molecule has 0 spiro atoms. The van der Waals surface area contributed by atoms with E-state index < -0.39 is 0 Å². The number of ether oxygens (including phenoxy) is 1. The van der Waals surface area contributed by atoms with Gasteiger partial charge in [-0.05, 0) is 44.0 Å². The summed E-state index contributed by atoms with van der Waals surface area (Å²) in [6.07, 6.45) is 2.12. The number of para-hydroxylation sites is 2. The van der Waals surface area contributed by atoms with Crippen LogP contribution in [0.25, 0.3) is 0 Å². The summed E-state index contributed by atoms with van der Waals surface area (Å²) in [7, 11) is 1.61. The first-order valence-corrected chi connectivity index (χ1v) is 7.64. The van der Waals surface area contributed by atoms with Crippen LogP contribution in [0.3, 0.4) is 0 Å². The number of methoxy groups -OCH3 is 1. The molecule has 0 saturated carbocycles. The van der Waals surface area contributed by atoms with Crippen molar-refractivity contribution < 1.29 is 9.53 Å². The predicted molar refractivity (Wildman–Crippen MR) is 84.9 cm³/mol. The number of carbonyl (C=O) groups is 1. The molecule has 1 heterocycles. The third-order valence-corrected chi connectivity index (χ3v) is 3.93. The first-order chi connectivity index (χ1) is 10.2. The summed E-state index contributed by atoms with van der Waals surface area (Å²) in [5.41, 5.74) is 0.722. The van der Waals surface area contributed by atoms with Gasteiger partial charge in [-0.15, -0.1) is 0 Å². The molecule has 2 N–H and O–H groups in total. The number of urea groups is 1. The summed E-state index contributed by atoms with van der Waals surface area (Å²) in [6.45, 7) is 5.82. The molecular weight excluding hydrogens is 266 g/mol. The highest BCUT2D eigenvalue weighted by Gasteiger charge is 2.22. The van der Waals surface area contributed by atoms with E-state index in [1.54, 1.807) is 7.11 Å². The molecule has 2 amide bonds. The largest absolute Gasteiger partial charge is 0.495 e. The van der Waals surface area contributed by atoms with Crippen LogP contribution < -0.4 is 15.4 Å². The van der Waals surface area contributed by atoms with Gasteiger partial charge >= 0.3 is 6.03 Å². The van der Waals surface area contributed by atoms with Gasteiger partial charge in [0.2, 0.25) is 0 Å². The quantitative estimate of drug-likeness (QED) is 0.876. The summed E-state index contributed by atoms with van der Waals surface area (Å²) in [5.74, 6) is 1.37. The van der Waals surface area contributed by atoms with Gasteiger partial charge in [-0.2, -0.15) is 0 Å². The van der Waals surface area contributed by atoms with Crippen molar-refractivity contribution >= 4 is 11.7 Å². The van der Waals surface area contributed by atoms with Gasteiger partial charge in [0.1, 0.15) is 5.75 Å². The van der Waals surface area contributed by atoms with Crippen LogP contribution in [-0.4, -0.2) is 44.2 Å². The second-order valence-electron chi connectivity index (χ2n) is 5.37. The number of nitrogens with zero attached hydrogens (tertiary/aromatic N) is 1. The van der Waals surface area contributed by atoms with Crippen molar-refractivity contribution in [1.29, 1.82) is 0 Å². The number of benzene rings is 1. The van der Waals surface area contributed by atoms with Crippen molar-refractivity contribution in [2.24, 2.45) is 5.92 Å². The summed E-state index contributed by atoms with van der Waals surface area (Å²) in [6, 6.07) is 7.44. The van der Waals surface area contributed by atoms with E-state index in [0.29, 0.717) is 11.7 Å². The zero-order valence-electron chi connectivity index (χ0n) is 12.9. The van der Waals surface area contributed by atoms with Gasteiger partial charge in [0.05, 0.1) is 12.8 Å². The standard InChI is InChI=1S/C16H25N3O2/c1-3-17-12-13-8-10-19(11-9-13)16(20)18-14-6-4-5-7-15(14)21-2/h4-7,13,17H,3,8-12H2,1-2H3,(H,18,20). The Labute approximate surface area is 126 Å². The molecule has 1 aliphatic heterocycles. The van der Waals surface area contributed by atoms with E-state index >= 15 is 0 Å². The number of carbonyl (C=O) groups excluding carboxylic acids is 1. The Morgan fingerprint density at radius 1 is 1.33 bits per heavy atom. The molecule has 116 valence electrons. The number of nitrogens with one attached hydrogen (secondary N) is 2. The van der Waals surface area contributed by atoms with Gasteiger partial charge in [-0.3, -0.25) is 0 Å². The van der Waals surface area contributed by atoms with Crippen molar-refractivity contribution in [1.82, 2.24) is 10.2 Å². The molecule has 0 radical (unpaired) electrons. The second-order valence-corrected chi connectivity index (χ2v) is 5.37. The van der Waals surface area contributed by atoms with Crippen molar-refractivity contribution in [2.45, 2.75) is 19.8 Å². The fraction of sp³-hybridized carbons (Fsp3) is 0.562. The average molecular weight is 291 g/mol. The smallest absolute Gasteiger partial charge is 0.321 e. The van der Waals surface area contributed by atoms with E-state index in [2.05, 4.69) is 17.6 Å². The van der Waals surface area contributed by atoms with E-state index in [1.807, 2.05) is 29.2 Å². The molecule has 1 aliphatic rings. The minimum absolute atomic E-state index is 0.0404. The van der Waals surface area contributed by atoms with Crippen LogP contribution >= 0.6 is 0 Å². The SMILES string of the molecule is CCNCC1CCN(C(=O)Nc2ccccc2OC)CC1. The van der Waals surface area contributed by atoms with Gasteiger partial charge in [0.25, 0.3) is 0 Å². The summed E-state index contributed by atoms with van der Waals surface area (Å²) < 4.78 is 5.25. The Balaban J connectivity index is 1.85. The molecule has 5 nitrogen and oxygen atoms in total. The molecule has 1 aromatic carbocycles. The van der Waals surface area contributed by atoms with Crippen LogP contribution in [-0.2, 0) is 0 Å². The Kier molecular flexibility index (Phi) is 5.87. The van der Waals surface area contributed by atoms with Gasteiger partial charge in [-0.1, -0.05) is 19.1 Å². The summed E-state index contributed by atoms with van der Waals surface area (Å²) in [4.78, 5) is 14.2. The lowest BCUT2D eigenvalue weighted by molar-refractivity contribution is 0.181.